The Morgan fingerprint density at radius 2 is 1.03 bits per heavy atom. The van der Waals surface area contributed by atoms with E-state index in [1.165, 1.54) is 0 Å². The van der Waals surface area contributed by atoms with Crippen LogP contribution < -0.4 is 20.1 Å². The highest BCUT2D eigenvalue weighted by molar-refractivity contribution is 7.77. The Kier molecular flexibility index (Phi) is 4.80. The van der Waals surface area contributed by atoms with Crippen molar-refractivity contribution in [1.82, 2.24) is 4.34 Å². The highest BCUT2D eigenvalue weighted by Crippen LogP contribution is 2.51. The number of ether oxygens (including phenoxy) is 2. The van der Waals surface area contributed by atoms with Gasteiger partial charge in [-0.3, -0.25) is 8.90 Å². The predicted molar refractivity (Wildman–Crippen MR) is 128 cm³/mol. The van der Waals surface area contributed by atoms with Crippen molar-refractivity contribution < 1.29 is 14.0 Å². The minimum absolute atomic E-state index is 0.753. The average molecular weight is 427 g/mol. The molecule has 31 heavy (non-hydrogen) atoms. The summed E-state index contributed by atoms with van der Waals surface area (Å²) in [7, 11) is 0.0733. The Bertz CT molecular complexity index is 1320. The first-order valence-corrected chi connectivity index (χ1v) is 11.7. The van der Waals surface area contributed by atoms with Crippen molar-refractivity contribution in [3.8, 4) is 11.5 Å². The van der Waals surface area contributed by atoms with E-state index in [0.29, 0.717) is 0 Å². The summed E-state index contributed by atoms with van der Waals surface area (Å²) in [5.74, 6) is 1.51. The molecule has 0 unspecified atom stereocenters. The third-order valence-electron chi connectivity index (χ3n) is 5.65. The fourth-order valence-corrected chi connectivity index (χ4v) is 7.03. The Hall–Kier alpha value is -3.49. The van der Waals surface area contributed by atoms with Gasteiger partial charge in [0.15, 0.2) is 0 Å². The van der Waals surface area contributed by atoms with Crippen LogP contribution in [0.25, 0.3) is 21.8 Å². The van der Waals surface area contributed by atoms with Gasteiger partial charge in [0, 0.05) is 21.4 Å². The van der Waals surface area contributed by atoms with Crippen LogP contribution in [0, 0.1) is 0 Å². The summed E-state index contributed by atoms with van der Waals surface area (Å²) >= 11 is 0. The number of fused-ring (bicyclic) bond motifs is 3. The average Bonchev–Trinajstić information content (AvgIpc) is 3.17. The summed E-state index contributed by atoms with van der Waals surface area (Å²) in [6, 6.07) is 31.2. The standard InChI is InChI=1S/C26H22NO3P/c1-29-19-13-15-25-23(17-19)24-18-20(30-2)14-16-26(24)27(25)31(28,21-9-5-3-6-10-21)22-11-7-4-8-12-22/h3-18H,1-2H3. The molecule has 0 aliphatic carbocycles. The van der Waals surface area contributed by atoms with Gasteiger partial charge >= 0.3 is 0 Å². The number of rotatable bonds is 5. The molecule has 0 fully saturated rings. The molecule has 1 heterocycles. The van der Waals surface area contributed by atoms with E-state index in [4.69, 9.17) is 9.47 Å². The number of hydrogen-bond donors (Lipinski definition) is 0. The highest BCUT2D eigenvalue weighted by Gasteiger charge is 2.33. The van der Waals surface area contributed by atoms with Crippen LogP contribution in [0.4, 0.5) is 0 Å². The number of benzene rings is 4. The van der Waals surface area contributed by atoms with Gasteiger partial charge in [-0.25, -0.2) is 0 Å². The zero-order valence-electron chi connectivity index (χ0n) is 17.4. The van der Waals surface area contributed by atoms with Crippen LogP contribution >= 0.6 is 7.29 Å². The lowest BCUT2D eigenvalue weighted by molar-refractivity contribution is 0.415. The zero-order chi connectivity index (χ0) is 21.4. The van der Waals surface area contributed by atoms with Gasteiger partial charge < -0.3 is 9.47 Å². The van der Waals surface area contributed by atoms with E-state index in [-0.39, 0.29) is 0 Å². The van der Waals surface area contributed by atoms with Crippen LogP contribution in [0.5, 0.6) is 11.5 Å². The van der Waals surface area contributed by atoms with Crippen molar-refractivity contribution in [2.75, 3.05) is 14.2 Å². The molecule has 0 aliphatic heterocycles. The molecule has 5 aromatic rings. The first kappa shape index (κ1) is 19.5. The fourth-order valence-electron chi connectivity index (χ4n) is 4.16. The van der Waals surface area contributed by atoms with Gasteiger partial charge in [-0.1, -0.05) is 36.4 Å². The number of nitrogens with zero attached hydrogens (tertiary/aromatic N) is 1. The minimum Gasteiger partial charge on any atom is -0.497 e. The van der Waals surface area contributed by atoms with E-state index < -0.39 is 7.29 Å². The molecule has 0 N–H and O–H groups in total. The SMILES string of the molecule is COc1ccc2c(c1)c1cc(OC)ccc1n2P(=O)(c1ccccc1)c1ccccc1. The molecular formula is C26H22NO3P. The first-order chi connectivity index (χ1) is 15.2. The lowest BCUT2D eigenvalue weighted by Gasteiger charge is -2.23. The van der Waals surface area contributed by atoms with Crippen LogP contribution in [0.15, 0.2) is 97.1 Å². The number of aromatic nitrogens is 1. The van der Waals surface area contributed by atoms with Crippen molar-refractivity contribution in [1.29, 1.82) is 0 Å². The molecule has 0 saturated heterocycles. The van der Waals surface area contributed by atoms with Crippen molar-refractivity contribution in [2.45, 2.75) is 0 Å². The maximum absolute atomic E-state index is 15.1. The third kappa shape index (κ3) is 3.03. The van der Waals surface area contributed by atoms with E-state index in [9.17, 15) is 0 Å². The lowest BCUT2D eigenvalue weighted by Crippen LogP contribution is -2.21. The molecule has 4 nitrogen and oxygen atoms in total. The van der Waals surface area contributed by atoms with Crippen LogP contribution in [0.1, 0.15) is 0 Å². The topological polar surface area (TPSA) is 40.5 Å². The number of methoxy groups -OCH3 is 2. The molecule has 0 bridgehead atoms. The van der Waals surface area contributed by atoms with E-state index in [1.54, 1.807) is 14.2 Å². The fraction of sp³-hybridized carbons (Fsp3) is 0.0769. The van der Waals surface area contributed by atoms with E-state index in [2.05, 4.69) is 0 Å². The van der Waals surface area contributed by atoms with Crippen LogP contribution in [0.3, 0.4) is 0 Å². The second-order valence-corrected chi connectivity index (χ2v) is 9.91. The zero-order valence-corrected chi connectivity index (χ0v) is 18.3. The summed E-state index contributed by atoms with van der Waals surface area (Å²) in [5, 5.41) is 3.51. The molecule has 5 rings (SSSR count). The molecule has 0 saturated carbocycles. The van der Waals surface area contributed by atoms with Crippen molar-refractivity contribution in [2.24, 2.45) is 0 Å². The number of hydrogen-bond acceptors (Lipinski definition) is 3. The van der Waals surface area contributed by atoms with Gasteiger partial charge in [0.1, 0.15) is 11.5 Å². The highest BCUT2D eigenvalue weighted by atomic mass is 31.2. The van der Waals surface area contributed by atoms with E-state index in [0.717, 1.165) is 43.9 Å². The van der Waals surface area contributed by atoms with E-state index in [1.807, 2.05) is 101 Å². The van der Waals surface area contributed by atoms with Gasteiger partial charge in [-0.15, -0.1) is 0 Å². The van der Waals surface area contributed by atoms with Gasteiger partial charge in [0.05, 0.1) is 25.3 Å². The Morgan fingerprint density at radius 1 is 0.613 bits per heavy atom. The summed E-state index contributed by atoms with van der Waals surface area (Å²) in [5.41, 5.74) is 1.78. The first-order valence-electron chi connectivity index (χ1n) is 10.0. The monoisotopic (exact) mass is 427 g/mol. The molecule has 0 spiro atoms. The molecule has 0 aliphatic rings. The second kappa shape index (κ2) is 7.64. The van der Waals surface area contributed by atoms with Gasteiger partial charge in [-0.05, 0) is 60.7 Å². The quantitative estimate of drug-likeness (QED) is 0.344. The van der Waals surface area contributed by atoms with Gasteiger partial charge in [0.2, 0.25) is 7.29 Å². The Morgan fingerprint density at radius 3 is 1.42 bits per heavy atom. The van der Waals surface area contributed by atoms with E-state index >= 15 is 4.57 Å². The summed E-state index contributed by atoms with van der Waals surface area (Å²) in [6.45, 7) is 0. The maximum Gasteiger partial charge on any atom is 0.234 e. The summed E-state index contributed by atoms with van der Waals surface area (Å²) in [4.78, 5) is 0. The lowest BCUT2D eigenvalue weighted by atomic mass is 10.1. The maximum atomic E-state index is 15.1. The second-order valence-electron chi connectivity index (χ2n) is 7.33. The summed E-state index contributed by atoms with van der Waals surface area (Å²) in [6.07, 6.45) is 0. The van der Waals surface area contributed by atoms with Crippen LogP contribution in [-0.4, -0.2) is 18.6 Å². The predicted octanol–water partition coefficient (Wildman–Crippen LogP) is 5.59. The molecule has 0 amide bonds. The Labute approximate surface area is 181 Å². The molecule has 1 aromatic heterocycles. The van der Waals surface area contributed by atoms with Crippen molar-refractivity contribution >= 4 is 39.7 Å². The van der Waals surface area contributed by atoms with Crippen molar-refractivity contribution in [3.63, 3.8) is 0 Å². The summed E-state index contributed by atoms with van der Waals surface area (Å²) < 4.78 is 28.1. The molecule has 0 atom stereocenters. The smallest absolute Gasteiger partial charge is 0.234 e. The molecule has 154 valence electrons. The molecule has 4 aromatic carbocycles. The minimum atomic E-state index is -3.23. The third-order valence-corrected chi connectivity index (χ3v) is 8.64. The molecule has 0 radical (unpaired) electrons. The van der Waals surface area contributed by atoms with Gasteiger partial charge in [-0.2, -0.15) is 0 Å². The Balaban J connectivity index is 1.96. The van der Waals surface area contributed by atoms with Crippen LogP contribution in [-0.2, 0) is 4.57 Å². The van der Waals surface area contributed by atoms with Crippen LogP contribution in [0.2, 0.25) is 0 Å². The van der Waals surface area contributed by atoms with Crippen molar-refractivity contribution in [3.05, 3.63) is 97.1 Å². The molecular weight excluding hydrogens is 405 g/mol. The molecule has 5 heteroatoms. The van der Waals surface area contributed by atoms with Gasteiger partial charge in [0.25, 0.3) is 0 Å². The normalized spacial score (nSPS) is 11.7. The largest absolute Gasteiger partial charge is 0.497 e.